The van der Waals surface area contributed by atoms with E-state index >= 15 is 0 Å². The summed E-state index contributed by atoms with van der Waals surface area (Å²) in [5, 5.41) is 20.7. The van der Waals surface area contributed by atoms with Crippen LogP contribution in [0.2, 0.25) is 0 Å². The van der Waals surface area contributed by atoms with Gasteiger partial charge in [-0.2, -0.15) is 5.10 Å². The minimum absolute atomic E-state index is 0.0259. The molecule has 0 bridgehead atoms. The number of carbonyl (C=O) groups is 1. The van der Waals surface area contributed by atoms with E-state index in [1.54, 1.807) is 21.8 Å². The number of benzene rings is 2. The molecule has 10 heteroatoms. The van der Waals surface area contributed by atoms with E-state index in [0.717, 1.165) is 49.9 Å². The van der Waals surface area contributed by atoms with Gasteiger partial charge in [0.2, 0.25) is 0 Å². The summed E-state index contributed by atoms with van der Waals surface area (Å²) in [6.07, 6.45) is 7.21. The first-order chi connectivity index (χ1) is 21.0. The molecule has 2 amide bonds. The van der Waals surface area contributed by atoms with Gasteiger partial charge in [-0.1, -0.05) is 73.5 Å². The Labute approximate surface area is 250 Å². The molecule has 224 valence electrons. The van der Waals surface area contributed by atoms with Gasteiger partial charge in [-0.15, -0.1) is 0 Å². The standard InChI is InChI=1S/C33H39N7O3/c41-30-27-19-36-40(21-25-9-3-1-4-10-25)29(27)35-24-38(30)23-33(43)15-17-37(22-32(33)13-7-8-14-32)31(42)39-18-16-34-20-28(39)26-11-5-2-6-12-26/h1-6,9-12,19,24,28,34,43H,7-8,13-18,20-23H2. The Bertz CT molecular complexity index is 1650. The van der Waals surface area contributed by atoms with Crippen molar-refractivity contribution >= 4 is 17.1 Å². The molecule has 43 heavy (non-hydrogen) atoms. The van der Waals surface area contributed by atoms with Gasteiger partial charge in [0.25, 0.3) is 5.56 Å². The van der Waals surface area contributed by atoms with Gasteiger partial charge in [0.15, 0.2) is 5.65 Å². The van der Waals surface area contributed by atoms with Crippen molar-refractivity contribution in [1.82, 2.24) is 34.4 Å². The molecular weight excluding hydrogens is 542 g/mol. The van der Waals surface area contributed by atoms with Gasteiger partial charge in [-0.25, -0.2) is 14.5 Å². The second-order valence-electron chi connectivity index (χ2n) is 12.5. The fourth-order valence-electron chi connectivity index (χ4n) is 7.61. The Kier molecular flexibility index (Phi) is 7.26. The first-order valence-corrected chi connectivity index (χ1v) is 15.4. The molecule has 10 nitrogen and oxygen atoms in total. The van der Waals surface area contributed by atoms with E-state index in [1.165, 1.54) is 0 Å². The molecule has 2 aromatic heterocycles. The van der Waals surface area contributed by atoms with Crippen LogP contribution in [0.5, 0.6) is 0 Å². The molecule has 3 fully saturated rings. The van der Waals surface area contributed by atoms with Gasteiger partial charge in [0, 0.05) is 38.1 Å². The number of hydrogen-bond acceptors (Lipinski definition) is 6. The predicted octanol–water partition coefficient (Wildman–Crippen LogP) is 3.41. The molecule has 2 unspecified atom stereocenters. The van der Waals surface area contributed by atoms with Crippen molar-refractivity contribution in [2.24, 2.45) is 5.41 Å². The third kappa shape index (κ3) is 5.02. The molecule has 2 atom stereocenters. The smallest absolute Gasteiger partial charge is 0.320 e. The number of aliphatic hydroxyl groups is 1. The van der Waals surface area contributed by atoms with Crippen LogP contribution in [0, 0.1) is 5.41 Å². The molecule has 1 aliphatic carbocycles. The summed E-state index contributed by atoms with van der Waals surface area (Å²) >= 11 is 0. The number of fused-ring (bicyclic) bond motifs is 1. The highest BCUT2D eigenvalue weighted by atomic mass is 16.3. The highest BCUT2D eigenvalue weighted by Gasteiger charge is 2.56. The van der Waals surface area contributed by atoms with E-state index in [2.05, 4.69) is 27.5 Å². The molecule has 2 N–H and O–H groups in total. The van der Waals surface area contributed by atoms with Gasteiger partial charge < -0.3 is 20.2 Å². The van der Waals surface area contributed by atoms with Crippen LogP contribution >= 0.6 is 0 Å². The van der Waals surface area contributed by atoms with Crippen LogP contribution < -0.4 is 10.9 Å². The van der Waals surface area contributed by atoms with E-state index in [4.69, 9.17) is 0 Å². The predicted molar refractivity (Wildman–Crippen MR) is 164 cm³/mol. The molecule has 4 aromatic rings. The van der Waals surface area contributed by atoms with Crippen molar-refractivity contribution in [1.29, 1.82) is 0 Å². The second-order valence-corrected chi connectivity index (χ2v) is 12.5. The summed E-state index contributed by atoms with van der Waals surface area (Å²) in [4.78, 5) is 36.3. The topological polar surface area (TPSA) is 109 Å². The van der Waals surface area contributed by atoms with Gasteiger partial charge in [0.1, 0.15) is 11.7 Å². The Morgan fingerprint density at radius 3 is 2.51 bits per heavy atom. The Hall–Kier alpha value is -4.02. The quantitative estimate of drug-likeness (QED) is 0.374. The van der Waals surface area contributed by atoms with Crippen LogP contribution in [-0.4, -0.2) is 78.6 Å². The van der Waals surface area contributed by atoms with Crippen molar-refractivity contribution in [3.8, 4) is 0 Å². The van der Waals surface area contributed by atoms with Crippen LogP contribution in [0.15, 0.2) is 78.0 Å². The number of rotatable bonds is 5. The molecule has 1 saturated carbocycles. The minimum Gasteiger partial charge on any atom is -0.387 e. The number of amides is 2. The highest BCUT2D eigenvalue weighted by molar-refractivity contribution is 5.76. The van der Waals surface area contributed by atoms with Crippen molar-refractivity contribution in [2.75, 3.05) is 32.7 Å². The molecule has 0 radical (unpaired) electrons. The van der Waals surface area contributed by atoms with Gasteiger partial charge in [0.05, 0.1) is 30.9 Å². The fraction of sp³-hybridized carbons (Fsp3) is 0.455. The molecule has 2 saturated heterocycles. The van der Waals surface area contributed by atoms with E-state index in [0.29, 0.717) is 43.6 Å². The Morgan fingerprint density at radius 2 is 1.74 bits per heavy atom. The third-order valence-corrected chi connectivity index (χ3v) is 10.0. The number of piperazine rings is 1. The van der Waals surface area contributed by atoms with Crippen LogP contribution in [0.25, 0.3) is 11.0 Å². The summed E-state index contributed by atoms with van der Waals surface area (Å²) in [6, 6.07) is 20.2. The number of hydrogen-bond donors (Lipinski definition) is 2. The molecule has 1 spiro atoms. The molecule has 7 rings (SSSR count). The summed E-state index contributed by atoms with van der Waals surface area (Å²) in [5.74, 6) is 0. The van der Waals surface area contributed by atoms with Crippen LogP contribution in [-0.2, 0) is 13.1 Å². The van der Waals surface area contributed by atoms with Crippen molar-refractivity contribution in [2.45, 2.75) is 56.8 Å². The molecule has 4 heterocycles. The second kappa shape index (κ2) is 11.2. The average Bonchev–Trinajstić information content (AvgIpc) is 3.69. The maximum absolute atomic E-state index is 14.0. The van der Waals surface area contributed by atoms with Gasteiger partial charge in [-0.05, 0) is 30.4 Å². The fourth-order valence-corrected chi connectivity index (χ4v) is 7.61. The summed E-state index contributed by atoms with van der Waals surface area (Å²) in [6.45, 7) is 3.74. The Balaban J connectivity index is 1.12. The van der Waals surface area contributed by atoms with E-state index in [9.17, 15) is 14.7 Å². The zero-order valence-electron chi connectivity index (χ0n) is 24.4. The third-order valence-electron chi connectivity index (χ3n) is 10.0. The number of urea groups is 1. The summed E-state index contributed by atoms with van der Waals surface area (Å²) in [7, 11) is 0. The highest BCUT2D eigenvalue weighted by Crippen LogP contribution is 2.51. The number of aromatic nitrogens is 4. The molecule has 3 aliphatic rings. The van der Waals surface area contributed by atoms with Crippen LogP contribution in [0.1, 0.15) is 49.3 Å². The lowest BCUT2D eigenvalue weighted by atomic mass is 9.66. The Morgan fingerprint density at radius 1 is 1.00 bits per heavy atom. The van der Waals surface area contributed by atoms with E-state index < -0.39 is 11.0 Å². The van der Waals surface area contributed by atoms with Crippen molar-refractivity contribution in [3.05, 3.63) is 94.7 Å². The van der Waals surface area contributed by atoms with Crippen molar-refractivity contribution in [3.63, 3.8) is 0 Å². The molecule has 2 aliphatic heterocycles. The van der Waals surface area contributed by atoms with E-state index in [-0.39, 0.29) is 24.2 Å². The first kappa shape index (κ1) is 27.8. The van der Waals surface area contributed by atoms with E-state index in [1.807, 2.05) is 58.3 Å². The largest absolute Gasteiger partial charge is 0.387 e. The zero-order chi connectivity index (χ0) is 29.4. The lowest BCUT2D eigenvalue weighted by Crippen LogP contribution is -2.64. The first-order valence-electron chi connectivity index (χ1n) is 15.4. The number of nitrogens with zero attached hydrogens (tertiary/aromatic N) is 6. The van der Waals surface area contributed by atoms with Gasteiger partial charge in [-0.3, -0.25) is 9.36 Å². The van der Waals surface area contributed by atoms with Gasteiger partial charge >= 0.3 is 6.03 Å². The number of nitrogens with one attached hydrogen (secondary N) is 1. The van der Waals surface area contributed by atoms with Crippen LogP contribution in [0.4, 0.5) is 4.79 Å². The molecular formula is C33H39N7O3. The average molecular weight is 582 g/mol. The number of piperidine rings is 1. The monoisotopic (exact) mass is 581 g/mol. The summed E-state index contributed by atoms with van der Waals surface area (Å²) in [5.41, 5.74) is 0.952. The normalized spacial score (nSPS) is 23.7. The molecule has 2 aromatic carbocycles. The lowest BCUT2D eigenvalue weighted by molar-refractivity contribution is -0.136. The van der Waals surface area contributed by atoms with Crippen LogP contribution in [0.3, 0.4) is 0 Å². The van der Waals surface area contributed by atoms with Crippen molar-refractivity contribution < 1.29 is 9.90 Å². The lowest BCUT2D eigenvalue weighted by Gasteiger charge is -2.53. The number of carbonyl (C=O) groups excluding carboxylic acids is 1. The number of likely N-dealkylation sites (tertiary alicyclic amines) is 1. The maximum atomic E-state index is 14.0. The summed E-state index contributed by atoms with van der Waals surface area (Å²) < 4.78 is 3.29. The SMILES string of the molecule is O=C(N1CCC(O)(Cn2cnc3c(cnn3Cc3ccccc3)c2=O)C2(CCCC2)C1)N1CCNCC1c1ccccc1. The maximum Gasteiger partial charge on any atom is 0.320 e. The zero-order valence-corrected chi connectivity index (χ0v) is 24.4. The minimum atomic E-state index is -1.12.